The molecule has 0 aliphatic heterocycles. The highest BCUT2D eigenvalue weighted by Gasteiger charge is 2.22. The Kier molecular flexibility index (Phi) is 6.56. The van der Waals surface area contributed by atoms with Gasteiger partial charge >= 0.3 is 0 Å². The number of benzene rings is 2. The lowest BCUT2D eigenvalue weighted by Gasteiger charge is -2.32. The maximum atomic E-state index is 9.59. The van der Waals surface area contributed by atoms with Crippen molar-refractivity contribution in [3.8, 4) is 16.9 Å². The molecule has 3 aromatic rings. The van der Waals surface area contributed by atoms with Crippen LogP contribution in [0.2, 0.25) is 0 Å². The van der Waals surface area contributed by atoms with Crippen molar-refractivity contribution in [3.05, 3.63) is 54.6 Å². The van der Waals surface area contributed by atoms with E-state index in [2.05, 4.69) is 51.0 Å². The van der Waals surface area contributed by atoms with Crippen LogP contribution in [0.15, 0.2) is 59.6 Å². The van der Waals surface area contributed by atoms with Gasteiger partial charge in [0.15, 0.2) is 0 Å². The van der Waals surface area contributed by atoms with Crippen molar-refractivity contribution >= 4 is 35.1 Å². The third-order valence-electron chi connectivity index (χ3n) is 4.64. The lowest BCUT2D eigenvalue weighted by atomic mass is 10.1. The van der Waals surface area contributed by atoms with Gasteiger partial charge in [0.1, 0.15) is 10.8 Å². The van der Waals surface area contributed by atoms with Crippen LogP contribution in [0.4, 0.5) is 0 Å². The molecule has 26 heavy (non-hydrogen) atoms. The molecule has 3 rings (SSSR count). The summed E-state index contributed by atoms with van der Waals surface area (Å²) in [5, 5.41) is 11.7. The van der Waals surface area contributed by atoms with Gasteiger partial charge in [-0.1, -0.05) is 30.3 Å². The minimum absolute atomic E-state index is 0. The summed E-state index contributed by atoms with van der Waals surface area (Å²) in [6.45, 7) is 4.47. The second-order valence-corrected chi connectivity index (χ2v) is 8.04. The van der Waals surface area contributed by atoms with Crippen LogP contribution >= 0.6 is 24.2 Å². The number of fused-ring (bicyclic) bond motifs is 1. The molecule has 1 aromatic heterocycles. The van der Waals surface area contributed by atoms with E-state index in [0.717, 1.165) is 32.8 Å². The fourth-order valence-corrected chi connectivity index (χ4v) is 3.67. The molecule has 0 aliphatic carbocycles. The molecular formula is C21H25ClN2OS. The van der Waals surface area contributed by atoms with E-state index < -0.39 is 0 Å². The van der Waals surface area contributed by atoms with E-state index in [1.54, 1.807) is 23.9 Å². The van der Waals surface area contributed by atoms with Gasteiger partial charge in [0.05, 0.1) is 5.52 Å². The first-order valence-electron chi connectivity index (χ1n) is 8.36. The standard InChI is InChI=1S/C21H24N2OS.ClH/c1-21(2,23(3)4)14-25-20-18(15-9-11-17(24)12-10-15)13-16-7-5-6-8-19(16)22-20;/h5-13,24H,14H2,1-4H3;1H. The number of pyridine rings is 1. The molecule has 5 heteroatoms. The highest BCUT2D eigenvalue weighted by Crippen LogP contribution is 2.35. The quantitative estimate of drug-likeness (QED) is 0.588. The maximum absolute atomic E-state index is 9.59. The van der Waals surface area contributed by atoms with Crippen LogP contribution in [0.25, 0.3) is 22.0 Å². The molecule has 0 spiro atoms. The van der Waals surface area contributed by atoms with Crippen molar-refractivity contribution in [2.24, 2.45) is 0 Å². The van der Waals surface area contributed by atoms with E-state index in [-0.39, 0.29) is 23.7 Å². The molecular weight excluding hydrogens is 364 g/mol. The summed E-state index contributed by atoms with van der Waals surface area (Å²) in [5.74, 6) is 1.22. The molecule has 138 valence electrons. The second kappa shape index (κ2) is 8.30. The molecule has 1 heterocycles. The van der Waals surface area contributed by atoms with E-state index >= 15 is 0 Å². The number of phenols is 1. The lowest BCUT2D eigenvalue weighted by Crippen LogP contribution is -2.40. The predicted molar refractivity (Wildman–Crippen MR) is 115 cm³/mol. The van der Waals surface area contributed by atoms with Crippen LogP contribution in [0.3, 0.4) is 0 Å². The molecule has 3 nitrogen and oxygen atoms in total. The Bertz CT molecular complexity index is 879. The monoisotopic (exact) mass is 388 g/mol. The molecule has 0 aliphatic rings. The Labute approximate surface area is 165 Å². The first-order valence-corrected chi connectivity index (χ1v) is 9.35. The predicted octanol–water partition coefficient (Wildman–Crippen LogP) is 5.46. The highest BCUT2D eigenvalue weighted by atomic mass is 35.5. The summed E-state index contributed by atoms with van der Waals surface area (Å²) < 4.78 is 0. The fraction of sp³-hybridized carbons (Fsp3) is 0.286. The van der Waals surface area contributed by atoms with Gasteiger partial charge in [-0.15, -0.1) is 24.2 Å². The van der Waals surface area contributed by atoms with E-state index in [0.29, 0.717) is 0 Å². The fourth-order valence-electron chi connectivity index (χ4n) is 2.43. The Morgan fingerprint density at radius 3 is 2.35 bits per heavy atom. The number of phenolic OH excluding ortho intramolecular Hbond substituents is 1. The number of hydrogen-bond acceptors (Lipinski definition) is 4. The molecule has 0 bridgehead atoms. The van der Waals surface area contributed by atoms with Crippen LogP contribution in [0.1, 0.15) is 13.8 Å². The Morgan fingerprint density at radius 1 is 1.04 bits per heavy atom. The zero-order valence-corrected chi connectivity index (χ0v) is 17.2. The SMILES string of the molecule is CN(C)C(C)(C)CSc1nc2ccccc2cc1-c1ccc(O)cc1.Cl. The van der Waals surface area contributed by atoms with E-state index in [1.807, 2.05) is 24.3 Å². The molecule has 0 saturated carbocycles. The van der Waals surface area contributed by atoms with Gasteiger partial charge in [0.25, 0.3) is 0 Å². The number of para-hydroxylation sites is 1. The van der Waals surface area contributed by atoms with Crippen molar-refractivity contribution in [1.29, 1.82) is 0 Å². The summed E-state index contributed by atoms with van der Waals surface area (Å²) >= 11 is 1.78. The molecule has 0 radical (unpaired) electrons. The molecule has 1 N–H and O–H groups in total. The average molecular weight is 389 g/mol. The number of aromatic nitrogens is 1. The Morgan fingerprint density at radius 2 is 1.69 bits per heavy atom. The van der Waals surface area contributed by atoms with Crippen molar-refractivity contribution in [2.75, 3.05) is 19.8 Å². The Balaban J connectivity index is 0.00000243. The molecule has 0 unspecified atom stereocenters. The van der Waals surface area contributed by atoms with Gasteiger partial charge in [-0.3, -0.25) is 0 Å². The van der Waals surface area contributed by atoms with Gasteiger partial charge < -0.3 is 10.0 Å². The third kappa shape index (κ3) is 4.50. The second-order valence-electron chi connectivity index (χ2n) is 7.08. The van der Waals surface area contributed by atoms with E-state index in [9.17, 15) is 5.11 Å². The number of nitrogens with zero attached hydrogens (tertiary/aromatic N) is 2. The molecule has 0 amide bonds. The zero-order chi connectivity index (χ0) is 18.0. The van der Waals surface area contributed by atoms with Crippen molar-refractivity contribution in [1.82, 2.24) is 9.88 Å². The largest absolute Gasteiger partial charge is 0.508 e. The van der Waals surface area contributed by atoms with Crippen LogP contribution in [-0.2, 0) is 0 Å². The number of halogens is 1. The zero-order valence-electron chi connectivity index (χ0n) is 15.6. The molecule has 0 fully saturated rings. The first-order chi connectivity index (χ1) is 11.9. The summed E-state index contributed by atoms with van der Waals surface area (Å²) in [4.78, 5) is 7.16. The normalized spacial score (nSPS) is 11.6. The maximum Gasteiger partial charge on any atom is 0.115 e. The van der Waals surface area contributed by atoms with Crippen molar-refractivity contribution in [3.63, 3.8) is 0 Å². The number of thioether (sulfide) groups is 1. The van der Waals surface area contributed by atoms with Crippen LogP contribution < -0.4 is 0 Å². The summed E-state index contributed by atoms with van der Waals surface area (Å²) in [6, 6.07) is 17.7. The van der Waals surface area contributed by atoms with Crippen LogP contribution in [0.5, 0.6) is 5.75 Å². The van der Waals surface area contributed by atoms with E-state index in [4.69, 9.17) is 4.98 Å². The number of hydrogen-bond donors (Lipinski definition) is 1. The number of rotatable bonds is 5. The smallest absolute Gasteiger partial charge is 0.115 e. The summed E-state index contributed by atoms with van der Waals surface area (Å²) in [5.41, 5.74) is 3.26. The van der Waals surface area contributed by atoms with Gasteiger partial charge in [0, 0.05) is 22.2 Å². The topological polar surface area (TPSA) is 36.4 Å². The van der Waals surface area contributed by atoms with Crippen molar-refractivity contribution in [2.45, 2.75) is 24.4 Å². The van der Waals surface area contributed by atoms with Gasteiger partial charge in [-0.2, -0.15) is 0 Å². The molecule has 2 aromatic carbocycles. The van der Waals surface area contributed by atoms with E-state index in [1.165, 1.54) is 0 Å². The van der Waals surface area contributed by atoms with Gasteiger partial charge in [0.2, 0.25) is 0 Å². The van der Waals surface area contributed by atoms with Gasteiger partial charge in [-0.25, -0.2) is 4.98 Å². The average Bonchev–Trinajstić information content (AvgIpc) is 2.60. The molecule has 0 atom stereocenters. The summed E-state index contributed by atoms with van der Waals surface area (Å²) in [7, 11) is 4.21. The van der Waals surface area contributed by atoms with Crippen LogP contribution in [-0.4, -0.2) is 40.4 Å². The van der Waals surface area contributed by atoms with Gasteiger partial charge in [-0.05, 0) is 57.8 Å². The first kappa shape index (κ1) is 20.6. The highest BCUT2D eigenvalue weighted by molar-refractivity contribution is 7.99. The third-order valence-corrected chi connectivity index (χ3v) is 6.08. The minimum atomic E-state index is 0. The lowest BCUT2D eigenvalue weighted by molar-refractivity contribution is 0.224. The molecule has 0 saturated heterocycles. The Hall–Kier alpha value is -1.75. The summed E-state index contributed by atoms with van der Waals surface area (Å²) in [6.07, 6.45) is 0. The van der Waals surface area contributed by atoms with Crippen molar-refractivity contribution < 1.29 is 5.11 Å². The van der Waals surface area contributed by atoms with Crippen LogP contribution in [0, 0.1) is 0 Å². The number of aromatic hydroxyl groups is 1. The minimum Gasteiger partial charge on any atom is -0.508 e.